The van der Waals surface area contributed by atoms with Gasteiger partial charge < -0.3 is 29.5 Å². The number of esters is 1. The molecule has 0 unspecified atom stereocenters. The summed E-state index contributed by atoms with van der Waals surface area (Å²) in [6, 6.07) is 15.1. The second-order valence-electron chi connectivity index (χ2n) is 10.5. The van der Waals surface area contributed by atoms with Gasteiger partial charge in [-0.15, -0.1) is 0 Å². The molecule has 38 heavy (non-hydrogen) atoms. The fourth-order valence-corrected chi connectivity index (χ4v) is 3.86. The molecule has 2 aromatic rings. The number of nitrogens with zero attached hydrogens (tertiary/aromatic N) is 2. The number of amides is 1. The zero-order valence-corrected chi connectivity index (χ0v) is 23.0. The van der Waals surface area contributed by atoms with Crippen molar-refractivity contribution in [1.29, 1.82) is 0 Å². The molecule has 0 aromatic heterocycles. The number of aliphatic hydroxyl groups is 1. The summed E-state index contributed by atoms with van der Waals surface area (Å²) in [6.45, 7) is 6.25. The van der Waals surface area contributed by atoms with Gasteiger partial charge in [-0.2, -0.15) is 0 Å². The van der Waals surface area contributed by atoms with Gasteiger partial charge >= 0.3 is 5.97 Å². The van der Waals surface area contributed by atoms with Crippen LogP contribution >= 0.6 is 0 Å². The SMILES string of the molecule is CN(C)c1ccc(CNC(=O)[C@@]2(CCC(=O)OC(C)(C)C)COC(c3ccc(OCCCO)cc3)=N2)cc1. The highest BCUT2D eigenvalue weighted by Gasteiger charge is 2.44. The van der Waals surface area contributed by atoms with E-state index >= 15 is 0 Å². The van der Waals surface area contributed by atoms with Gasteiger partial charge in [0.1, 0.15) is 18.0 Å². The van der Waals surface area contributed by atoms with E-state index in [0.717, 1.165) is 11.3 Å². The molecule has 1 amide bonds. The van der Waals surface area contributed by atoms with Gasteiger partial charge in [-0.3, -0.25) is 9.59 Å². The van der Waals surface area contributed by atoms with E-state index < -0.39 is 17.1 Å². The van der Waals surface area contributed by atoms with Crippen molar-refractivity contribution in [2.45, 2.75) is 57.7 Å². The molecule has 0 radical (unpaired) electrons. The molecular weight excluding hydrogens is 486 g/mol. The van der Waals surface area contributed by atoms with Crippen LogP contribution in [0.3, 0.4) is 0 Å². The highest BCUT2D eigenvalue weighted by Crippen LogP contribution is 2.29. The Hall–Kier alpha value is -3.59. The lowest BCUT2D eigenvalue weighted by molar-refractivity contribution is -0.155. The minimum atomic E-state index is -1.26. The van der Waals surface area contributed by atoms with Crippen LogP contribution in [-0.2, 0) is 25.6 Å². The predicted octanol–water partition coefficient (Wildman–Crippen LogP) is 3.47. The number of carbonyl (C=O) groups is 2. The van der Waals surface area contributed by atoms with E-state index in [2.05, 4.69) is 5.32 Å². The minimum Gasteiger partial charge on any atom is -0.494 e. The van der Waals surface area contributed by atoms with Crippen molar-refractivity contribution >= 4 is 23.5 Å². The van der Waals surface area contributed by atoms with Gasteiger partial charge in [0.25, 0.3) is 5.91 Å². The molecule has 3 rings (SSSR count). The summed E-state index contributed by atoms with van der Waals surface area (Å²) in [7, 11) is 3.94. The summed E-state index contributed by atoms with van der Waals surface area (Å²) in [6.07, 6.45) is 0.728. The first-order chi connectivity index (χ1) is 18.0. The van der Waals surface area contributed by atoms with Crippen LogP contribution in [-0.4, -0.2) is 67.9 Å². The first kappa shape index (κ1) is 29.0. The van der Waals surface area contributed by atoms with Gasteiger partial charge in [-0.25, -0.2) is 4.99 Å². The Morgan fingerprint density at radius 1 is 1.11 bits per heavy atom. The Balaban J connectivity index is 1.75. The van der Waals surface area contributed by atoms with Gasteiger partial charge in [0.05, 0.1) is 6.61 Å². The Bertz CT molecular complexity index is 1110. The van der Waals surface area contributed by atoms with Crippen LogP contribution in [0.2, 0.25) is 0 Å². The summed E-state index contributed by atoms with van der Waals surface area (Å²) in [5, 5.41) is 11.9. The molecule has 1 aliphatic heterocycles. The number of aliphatic hydroxyl groups excluding tert-OH is 1. The lowest BCUT2D eigenvalue weighted by Gasteiger charge is -2.24. The summed E-state index contributed by atoms with van der Waals surface area (Å²) in [5.41, 5.74) is 0.841. The van der Waals surface area contributed by atoms with Gasteiger partial charge in [0.15, 0.2) is 5.54 Å². The minimum absolute atomic E-state index is 0.0191. The number of ether oxygens (including phenoxy) is 3. The lowest BCUT2D eigenvalue weighted by Crippen LogP contribution is -2.47. The maximum atomic E-state index is 13.5. The number of aliphatic imine (C=N–C) groups is 1. The molecule has 2 aromatic carbocycles. The van der Waals surface area contributed by atoms with Crippen molar-refractivity contribution in [3.63, 3.8) is 0 Å². The second kappa shape index (κ2) is 12.8. The highest BCUT2D eigenvalue weighted by molar-refractivity contribution is 6.00. The molecule has 1 aliphatic rings. The molecule has 0 saturated heterocycles. The number of hydrogen-bond acceptors (Lipinski definition) is 8. The molecule has 206 valence electrons. The summed E-state index contributed by atoms with van der Waals surface area (Å²) in [5.74, 6) is 0.297. The fraction of sp³-hybridized carbons (Fsp3) is 0.483. The molecule has 1 atom stereocenters. The quantitative estimate of drug-likeness (QED) is 0.323. The monoisotopic (exact) mass is 525 g/mol. The Morgan fingerprint density at radius 2 is 1.79 bits per heavy atom. The van der Waals surface area contributed by atoms with E-state index in [1.807, 2.05) is 43.3 Å². The van der Waals surface area contributed by atoms with Gasteiger partial charge in [-0.1, -0.05) is 12.1 Å². The number of anilines is 1. The van der Waals surface area contributed by atoms with E-state index in [1.165, 1.54) is 0 Å². The zero-order chi connectivity index (χ0) is 27.8. The van der Waals surface area contributed by atoms with Crippen LogP contribution in [0.25, 0.3) is 0 Å². The zero-order valence-electron chi connectivity index (χ0n) is 23.0. The molecular formula is C29H39N3O6. The lowest BCUT2D eigenvalue weighted by atomic mass is 9.94. The Morgan fingerprint density at radius 3 is 2.39 bits per heavy atom. The molecule has 0 bridgehead atoms. The summed E-state index contributed by atoms with van der Waals surface area (Å²) < 4.78 is 16.9. The third-order valence-corrected chi connectivity index (χ3v) is 5.93. The third kappa shape index (κ3) is 8.21. The molecule has 0 spiro atoms. The first-order valence-corrected chi connectivity index (χ1v) is 12.8. The van der Waals surface area contributed by atoms with Crippen molar-refractivity contribution in [2.75, 3.05) is 38.8 Å². The van der Waals surface area contributed by atoms with Crippen molar-refractivity contribution < 1.29 is 28.9 Å². The number of rotatable bonds is 12. The van der Waals surface area contributed by atoms with Crippen LogP contribution in [0, 0.1) is 0 Å². The molecule has 9 nitrogen and oxygen atoms in total. The van der Waals surface area contributed by atoms with Crippen molar-refractivity contribution in [1.82, 2.24) is 5.32 Å². The summed E-state index contributed by atoms with van der Waals surface area (Å²) in [4.78, 5) is 32.7. The molecule has 9 heteroatoms. The van der Waals surface area contributed by atoms with Crippen LogP contribution in [0.4, 0.5) is 5.69 Å². The average Bonchev–Trinajstić information content (AvgIpc) is 3.32. The van der Waals surface area contributed by atoms with Crippen molar-refractivity contribution in [2.24, 2.45) is 4.99 Å². The Labute approximate surface area is 224 Å². The number of benzene rings is 2. The maximum Gasteiger partial charge on any atom is 0.306 e. The normalized spacial score (nSPS) is 16.8. The summed E-state index contributed by atoms with van der Waals surface area (Å²) >= 11 is 0. The number of carbonyl (C=O) groups excluding carboxylic acids is 2. The molecule has 0 saturated carbocycles. The standard InChI is InChI=1S/C29H39N3O6/c1-28(2,3)38-25(34)15-16-29(27(35)30-19-21-7-11-23(12-8-21)32(4)5)20-37-26(31-29)22-9-13-24(14-10-22)36-18-6-17-33/h7-14,33H,6,15-20H2,1-5H3,(H,30,35)/t29-/m1/s1. The van der Waals surface area contributed by atoms with E-state index in [0.29, 0.717) is 36.8 Å². The van der Waals surface area contributed by atoms with E-state index in [-0.39, 0.29) is 32.0 Å². The predicted molar refractivity (Wildman–Crippen MR) is 147 cm³/mol. The number of nitrogens with one attached hydrogen (secondary N) is 1. The molecule has 1 heterocycles. The van der Waals surface area contributed by atoms with Crippen LogP contribution < -0.4 is 15.0 Å². The van der Waals surface area contributed by atoms with Crippen LogP contribution in [0.1, 0.15) is 51.2 Å². The highest BCUT2D eigenvalue weighted by atomic mass is 16.6. The van der Waals surface area contributed by atoms with Crippen molar-refractivity contribution in [3.05, 3.63) is 59.7 Å². The fourth-order valence-electron chi connectivity index (χ4n) is 3.86. The smallest absolute Gasteiger partial charge is 0.306 e. The van der Waals surface area contributed by atoms with Crippen molar-refractivity contribution in [3.8, 4) is 5.75 Å². The van der Waals surface area contributed by atoms with Gasteiger partial charge in [0.2, 0.25) is 5.90 Å². The van der Waals surface area contributed by atoms with E-state index in [4.69, 9.17) is 24.3 Å². The maximum absolute atomic E-state index is 13.5. The van der Waals surface area contributed by atoms with E-state index in [1.54, 1.807) is 45.0 Å². The van der Waals surface area contributed by atoms with Crippen LogP contribution in [0.5, 0.6) is 5.75 Å². The van der Waals surface area contributed by atoms with Gasteiger partial charge in [-0.05, 0) is 69.2 Å². The van der Waals surface area contributed by atoms with E-state index in [9.17, 15) is 9.59 Å². The molecule has 0 fully saturated rings. The molecule has 2 N–H and O–H groups in total. The topological polar surface area (TPSA) is 110 Å². The molecule has 0 aliphatic carbocycles. The average molecular weight is 526 g/mol. The third-order valence-electron chi connectivity index (χ3n) is 5.93. The first-order valence-electron chi connectivity index (χ1n) is 12.8. The largest absolute Gasteiger partial charge is 0.494 e. The second-order valence-corrected chi connectivity index (χ2v) is 10.5. The van der Waals surface area contributed by atoms with Crippen LogP contribution in [0.15, 0.2) is 53.5 Å². The van der Waals surface area contributed by atoms with Gasteiger partial charge in [0, 0.05) is 51.3 Å². The Kier molecular flexibility index (Phi) is 9.74. The number of hydrogen-bond donors (Lipinski definition) is 2.